The van der Waals surface area contributed by atoms with Gasteiger partial charge in [-0.05, 0) is 37.8 Å². The number of hydrogen-bond donors (Lipinski definition) is 2. The van der Waals surface area contributed by atoms with Crippen molar-refractivity contribution in [3.05, 3.63) is 24.0 Å². The fourth-order valence-electron chi connectivity index (χ4n) is 3.79. The average molecular weight is 448 g/mol. The van der Waals surface area contributed by atoms with Crippen LogP contribution >= 0.6 is 24.0 Å². The Morgan fingerprint density at radius 3 is 2.58 bits per heavy atom. The normalized spacial score (nSPS) is 22.5. The first kappa shape index (κ1) is 21.3. The highest BCUT2D eigenvalue weighted by Crippen LogP contribution is 2.48. The summed E-state index contributed by atoms with van der Waals surface area (Å²) in [5, 5.41) is 7.03. The summed E-state index contributed by atoms with van der Waals surface area (Å²) < 4.78 is 8.01. The zero-order chi connectivity index (χ0) is 16.9. The smallest absolute Gasteiger partial charge is 0.191 e. The van der Waals surface area contributed by atoms with Crippen molar-refractivity contribution in [3.8, 4) is 0 Å². The van der Waals surface area contributed by atoms with E-state index in [9.17, 15) is 0 Å². The van der Waals surface area contributed by atoms with Crippen LogP contribution in [0.15, 0.2) is 23.5 Å². The van der Waals surface area contributed by atoms with Gasteiger partial charge in [0.15, 0.2) is 5.96 Å². The predicted molar refractivity (Wildman–Crippen MR) is 111 cm³/mol. The molecule has 5 nitrogen and oxygen atoms in total. The highest BCUT2D eigenvalue weighted by atomic mass is 127. The SMILES string of the molecule is CCOC1CC(NC(=NC)NCc2ccn(C)c2)C1(CC)CC.I. The summed E-state index contributed by atoms with van der Waals surface area (Å²) >= 11 is 0. The molecule has 0 saturated heterocycles. The van der Waals surface area contributed by atoms with Crippen molar-refractivity contribution in [2.45, 2.75) is 58.7 Å². The van der Waals surface area contributed by atoms with E-state index in [0.717, 1.165) is 38.4 Å². The molecule has 24 heavy (non-hydrogen) atoms. The first-order chi connectivity index (χ1) is 11.1. The van der Waals surface area contributed by atoms with E-state index in [1.807, 2.05) is 14.1 Å². The molecule has 1 aliphatic rings. The van der Waals surface area contributed by atoms with E-state index in [0.29, 0.717) is 12.1 Å². The maximum Gasteiger partial charge on any atom is 0.191 e. The minimum Gasteiger partial charge on any atom is -0.378 e. The second-order valence-electron chi connectivity index (χ2n) is 6.43. The Morgan fingerprint density at radius 1 is 1.38 bits per heavy atom. The number of rotatable bonds is 7. The van der Waals surface area contributed by atoms with Gasteiger partial charge in [0, 0.05) is 51.1 Å². The molecule has 0 radical (unpaired) electrons. The molecule has 1 aliphatic carbocycles. The lowest BCUT2D eigenvalue weighted by molar-refractivity contribution is -0.133. The molecule has 0 aliphatic heterocycles. The van der Waals surface area contributed by atoms with Gasteiger partial charge in [-0.3, -0.25) is 4.99 Å². The van der Waals surface area contributed by atoms with Crippen molar-refractivity contribution in [1.29, 1.82) is 0 Å². The number of ether oxygens (including phenoxy) is 1. The van der Waals surface area contributed by atoms with Gasteiger partial charge in [0.2, 0.25) is 0 Å². The summed E-state index contributed by atoms with van der Waals surface area (Å²) in [4.78, 5) is 4.38. The van der Waals surface area contributed by atoms with E-state index in [1.54, 1.807) is 0 Å². The number of aliphatic imine (C=N–C) groups is 1. The first-order valence-electron chi connectivity index (χ1n) is 8.79. The third-order valence-electron chi connectivity index (χ3n) is 5.36. The molecule has 138 valence electrons. The lowest BCUT2D eigenvalue weighted by Gasteiger charge is -2.55. The Hall–Kier alpha value is -0.760. The van der Waals surface area contributed by atoms with Crippen molar-refractivity contribution < 1.29 is 4.74 Å². The average Bonchev–Trinajstić information content (AvgIpc) is 2.96. The van der Waals surface area contributed by atoms with Crippen molar-refractivity contribution in [2.75, 3.05) is 13.7 Å². The Labute approximate surface area is 163 Å². The first-order valence-corrected chi connectivity index (χ1v) is 8.79. The number of nitrogens with zero attached hydrogens (tertiary/aromatic N) is 2. The number of halogens is 1. The maximum atomic E-state index is 5.95. The molecular formula is C18H33IN4O. The quantitative estimate of drug-likeness (QED) is 0.383. The van der Waals surface area contributed by atoms with Gasteiger partial charge in [0.25, 0.3) is 0 Å². The lowest BCUT2D eigenvalue weighted by Crippen LogP contribution is -2.65. The number of aryl methyl sites for hydroxylation is 1. The van der Waals surface area contributed by atoms with Crippen LogP contribution in [0.3, 0.4) is 0 Å². The molecule has 0 bridgehead atoms. The number of guanidine groups is 1. The van der Waals surface area contributed by atoms with Crippen LogP contribution in [0.1, 0.15) is 45.6 Å². The van der Waals surface area contributed by atoms with Crippen LogP contribution in [0.2, 0.25) is 0 Å². The molecule has 2 atom stereocenters. The van der Waals surface area contributed by atoms with Gasteiger partial charge in [-0.1, -0.05) is 13.8 Å². The molecule has 1 saturated carbocycles. The number of aromatic nitrogens is 1. The van der Waals surface area contributed by atoms with Crippen LogP contribution in [0, 0.1) is 5.41 Å². The van der Waals surface area contributed by atoms with Gasteiger partial charge >= 0.3 is 0 Å². The minimum absolute atomic E-state index is 0. The molecule has 1 fully saturated rings. The summed E-state index contributed by atoms with van der Waals surface area (Å²) in [5.41, 5.74) is 1.48. The van der Waals surface area contributed by atoms with E-state index in [-0.39, 0.29) is 29.4 Å². The van der Waals surface area contributed by atoms with E-state index in [2.05, 4.69) is 59.4 Å². The van der Waals surface area contributed by atoms with Gasteiger partial charge < -0.3 is 19.9 Å². The van der Waals surface area contributed by atoms with Crippen LogP contribution in [0.25, 0.3) is 0 Å². The summed E-state index contributed by atoms with van der Waals surface area (Å²) in [6, 6.07) is 2.55. The molecule has 2 N–H and O–H groups in total. The number of nitrogens with one attached hydrogen (secondary N) is 2. The van der Waals surface area contributed by atoms with E-state index < -0.39 is 0 Å². The minimum atomic E-state index is 0. The second kappa shape index (κ2) is 9.65. The predicted octanol–water partition coefficient (Wildman–Crippen LogP) is 3.29. The Morgan fingerprint density at radius 2 is 2.08 bits per heavy atom. The molecule has 2 unspecified atom stereocenters. The zero-order valence-electron chi connectivity index (χ0n) is 15.6. The summed E-state index contributed by atoms with van der Waals surface area (Å²) in [5.74, 6) is 0.875. The lowest BCUT2D eigenvalue weighted by atomic mass is 9.58. The third-order valence-corrected chi connectivity index (χ3v) is 5.36. The van der Waals surface area contributed by atoms with Crippen molar-refractivity contribution >= 4 is 29.9 Å². The molecule has 0 amide bonds. The molecule has 0 aromatic carbocycles. The van der Waals surface area contributed by atoms with Crippen LogP contribution in [0.4, 0.5) is 0 Å². The maximum absolute atomic E-state index is 5.95. The Balaban J connectivity index is 0.00000288. The third kappa shape index (κ3) is 4.45. The monoisotopic (exact) mass is 448 g/mol. The highest BCUT2D eigenvalue weighted by Gasteiger charge is 2.53. The van der Waals surface area contributed by atoms with Gasteiger partial charge in [0.1, 0.15) is 0 Å². The molecule has 1 aromatic heterocycles. The zero-order valence-corrected chi connectivity index (χ0v) is 18.0. The van der Waals surface area contributed by atoms with Gasteiger partial charge in [-0.2, -0.15) is 0 Å². The van der Waals surface area contributed by atoms with Crippen molar-refractivity contribution in [3.63, 3.8) is 0 Å². The topological polar surface area (TPSA) is 50.6 Å². The largest absolute Gasteiger partial charge is 0.378 e. The molecule has 0 spiro atoms. The second-order valence-corrected chi connectivity index (χ2v) is 6.43. The molecule has 2 rings (SSSR count). The summed E-state index contributed by atoms with van der Waals surface area (Å²) in [6.45, 7) is 8.19. The fourth-order valence-corrected chi connectivity index (χ4v) is 3.79. The molecule has 1 aromatic rings. The van der Waals surface area contributed by atoms with Crippen LogP contribution in [0.5, 0.6) is 0 Å². The highest BCUT2D eigenvalue weighted by molar-refractivity contribution is 14.0. The molecule has 6 heteroatoms. The van der Waals surface area contributed by atoms with Crippen LogP contribution < -0.4 is 10.6 Å². The van der Waals surface area contributed by atoms with E-state index >= 15 is 0 Å². The fraction of sp³-hybridized carbons (Fsp3) is 0.722. The summed E-state index contributed by atoms with van der Waals surface area (Å²) in [6.07, 6.45) is 7.86. The van der Waals surface area contributed by atoms with Gasteiger partial charge in [0.05, 0.1) is 6.10 Å². The summed E-state index contributed by atoms with van der Waals surface area (Å²) in [7, 11) is 3.87. The Kier molecular flexibility index (Phi) is 8.56. The van der Waals surface area contributed by atoms with E-state index in [1.165, 1.54) is 5.56 Å². The van der Waals surface area contributed by atoms with Gasteiger partial charge in [-0.15, -0.1) is 24.0 Å². The van der Waals surface area contributed by atoms with E-state index in [4.69, 9.17) is 4.74 Å². The van der Waals surface area contributed by atoms with Crippen molar-refractivity contribution in [2.24, 2.45) is 17.5 Å². The molecular weight excluding hydrogens is 415 g/mol. The van der Waals surface area contributed by atoms with Crippen molar-refractivity contribution in [1.82, 2.24) is 15.2 Å². The van der Waals surface area contributed by atoms with Gasteiger partial charge in [-0.25, -0.2) is 0 Å². The van der Waals surface area contributed by atoms with Crippen LogP contribution in [-0.2, 0) is 18.3 Å². The molecule has 1 heterocycles. The number of hydrogen-bond acceptors (Lipinski definition) is 2. The Bertz CT molecular complexity index is 525. The van der Waals surface area contributed by atoms with Crippen LogP contribution in [-0.4, -0.2) is 36.3 Å². The standard InChI is InChI=1S/C18H32N4O.HI/c1-6-18(7-2)15(11-16(18)23-8-3)21-17(19-4)20-12-14-9-10-22(5)13-14;/h9-10,13,15-16H,6-8,11-12H2,1-5H3,(H2,19,20,21);1H.